The zero-order valence-corrected chi connectivity index (χ0v) is 34.8. The molecule has 1 aliphatic carbocycles. The number of amidine groups is 1. The van der Waals surface area contributed by atoms with Gasteiger partial charge in [0.05, 0.1) is 25.2 Å². The molecule has 2 aromatic carbocycles. The van der Waals surface area contributed by atoms with Gasteiger partial charge in [-0.05, 0) is 114 Å². The highest BCUT2D eigenvalue weighted by atomic mass is 32.1. The number of amides is 2. The Morgan fingerprint density at radius 3 is 2.41 bits per heavy atom. The number of ether oxygens (including phenoxy) is 1. The summed E-state index contributed by atoms with van der Waals surface area (Å²) >= 11 is 1.63. The Labute approximate surface area is 338 Å². The number of thiophene rings is 1. The third kappa shape index (κ3) is 9.84. The molecule has 3 fully saturated rings. The predicted octanol–water partition coefficient (Wildman–Crippen LogP) is 6.26. The van der Waals surface area contributed by atoms with Crippen molar-refractivity contribution in [3.63, 3.8) is 0 Å². The van der Waals surface area contributed by atoms with E-state index in [2.05, 4.69) is 95.4 Å². The van der Waals surface area contributed by atoms with Gasteiger partial charge in [0.15, 0.2) is 0 Å². The lowest BCUT2D eigenvalue weighted by atomic mass is 9.71. The van der Waals surface area contributed by atoms with E-state index in [-0.39, 0.29) is 30.0 Å². The molecule has 0 unspecified atom stereocenters. The van der Waals surface area contributed by atoms with E-state index in [0.29, 0.717) is 43.7 Å². The second kappa shape index (κ2) is 18.7. The number of likely N-dealkylation sites (N-methyl/N-ethyl adjacent to an activating group) is 1. The summed E-state index contributed by atoms with van der Waals surface area (Å²) < 4.78 is 6.49. The lowest BCUT2D eigenvalue weighted by molar-refractivity contribution is -0.148. The molecule has 0 radical (unpaired) electrons. The second-order valence-electron chi connectivity index (χ2n) is 17.0. The minimum absolute atomic E-state index is 0.0517. The quantitative estimate of drug-likeness (QED) is 0.194. The minimum atomic E-state index is -0.657. The number of nitrogens with one attached hydrogen (secondary N) is 1. The van der Waals surface area contributed by atoms with E-state index in [0.717, 1.165) is 68.7 Å². The Morgan fingerprint density at radius 1 is 0.946 bits per heavy atom. The van der Waals surface area contributed by atoms with Crippen molar-refractivity contribution in [2.24, 2.45) is 10.4 Å². The Hall–Kier alpha value is -3.77. The van der Waals surface area contributed by atoms with Crippen LogP contribution in [0.4, 0.5) is 0 Å². The predicted molar refractivity (Wildman–Crippen MR) is 225 cm³/mol. The van der Waals surface area contributed by atoms with Gasteiger partial charge in [-0.15, -0.1) is 11.3 Å². The Kier molecular flexibility index (Phi) is 13.5. The molecule has 302 valence electrons. The van der Waals surface area contributed by atoms with Crippen LogP contribution < -0.4 is 5.32 Å². The molecule has 1 spiro atoms. The molecule has 0 bridgehead atoms. The lowest BCUT2D eigenvalue weighted by Crippen LogP contribution is -2.64. The van der Waals surface area contributed by atoms with Crippen LogP contribution in [0, 0.1) is 5.41 Å². The number of nitrogens with zero attached hydrogens (tertiary/aromatic N) is 6. The number of rotatable bonds is 14. The number of carbonyl (C=O) groups excluding carboxylic acids is 2. The van der Waals surface area contributed by atoms with Crippen molar-refractivity contribution in [3.05, 3.63) is 94.2 Å². The Morgan fingerprint density at radius 2 is 1.70 bits per heavy atom. The summed E-state index contributed by atoms with van der Waals surface area (Å²) in [5, 5.41) is 5.21. The molecule has 7 rings (SSSR count). The SMILES string of the molecule is C[C@@H]1N=C(N2CCN(C(=O)[C@@H](CCCCN(C)C)N(C)C3CCC4(CC3)CCN(Cc3ccccc3)C4)[C@H](C(=O)NCc3cccs3)C2)O[C@H]1c1ccccc1. The van der Waals surface area contributed by atoms with Crippen LogP contribution in [0.15, 0.2) is 83.2 Å². The number of piperazine rings is 1. The number of unbranched alkanes of at least 4 members (excludes halogenated alkanes) is 1. The first-order valence-corrected chi connectivity index (χ1v) is 21.8. The molecule has 3 aromatic rings. The fourth-order valence-electron chi connectivity index (χ4n) is 9.53. The molecule has 4 aliphatic rings. The highest BCUT2D eigenvalue weighted by Crippen LogP contribution is 2.45. The van der Waals surface area contributed by atoms with E-state index in [4.69, 9.17) is 9.73 Å². The lowest BCUT2D eigenvalue weighted by Gasteiger charge is -2.46. The van der Waals surface area contributed by atoms with Crippen LogP contribution in [-0.2, 0) is 27.4 Å². The zero-order valence-electron chi connectivity index (χ0n) is 34.0. The van der Waals surface area contributed by atoms with E-state index in [1.807, 2.05) is 40.6 Å². The molecule has 1 aromatic heterocycles. The standard InChI is InChI=1S/C45H63N7O3S/c1-34-41(36-16-9-6-10-17-36)55-44(47-34)51-27-28-52(40(32-51)42(53)46-30-38-18-13-29-56-38)43(54)39(19-11-12-25-48(2)3)49(4)37-20-22-45(23-21-37)24-26-50(33-45)31-35-14-7-5-8-15-35/h5-10,13-18,29,34,37,39-41H,11-12,19-28,30-33H2,1-4H3,(H,46,53)/t34-,37?,39+,40-,41+,45?/m0/s1. The zero-order chi connectivity index (χ0) is 39.1. The van der Waals surface area contributed by atoms with Crippen molar-refractivity contribution in [2.45, 2.75) is 102 Å². The molecule has 4 heterocycles. The number of likely N-dealkylation sites (tertiary alicyclic amines) is 1. The Balaban J connectivity index is 1.05. The summed E-state index contributed by atoms with van der Waals surface area (Å²) in [6.07, 6.45) is 8.47. The Bertz CT molecular complexity index is 1730. The van der Waals surface area contributed by atoms with Gasteiger partial charge >= 0.3 is 0 Å². The average molecular weight is 782 g/mol. The largest absolute Gasteiger partial charge is 0.455 e. The number of hydrogen-bond acceptors (Lipinski definition) is 9. The maximum atomic E-state index is 15.1. The van der Waals surface area contributed by atoms with Gasteiger partial charge in [-0.2, -0.15) is 0 Å². The van der Waals surface area contributed by atoms with Gasteiger partial charge in [0.1, 0.15) is 12.1 Å². The topological polar surface area (TPSA) is 84.0 Å². The van der Waals surface area contributed by atoms with Crippen LogP contribution in [0.2, 0.25) is 0 Å². The van der Waals surface area contributed by atoms with E-state index >= 15 is 4.79 Å². The van der Waals surface area contributed by atoms with E-state index in [9.17, 15) is 4.79 Å². The van der Waals surface area contributed by atoms with E-state index in [1.165, 1.54) is 24.8 Å². The van der Waals surface area contributed by atoms with Crippen molar-refractivity contribution >= 4 is 29.2 Å². The molecule has 56 heavy (non-hydrogen) atoms. The first kappa shape index (κ1) is 40.4. The molecular formula is C45H63N7O3S. The molecular weight excluding hydrogens is 719 g/mol. The third-order valence-electron chi connectivity index (χ3n) is 12.8. The van der Waals surface area contributed by atoms with Crippen LogP contribution in [0.5, 0.6) is 0 Å². The first-order chi connectivity index (χ1) is 27.2. The highest BCUT2D eigenvalue weighted by molar-refractivity contribution is 7.09. The van der Waals surface area contributed by atoms with Crippen LogP contribution in [0.3, 0.4) is 0 Å². The first-order valence-electron chi connectivity index (χ1n) is 21.0. The number of carbonyl (C=O) groups is 2. The summed E-state index contributed by atoms with van der Waals surface area (Å²) in [5.41, 5.74) is 2.85. The molecule has 4 atom stereocenters. The summed E-state index contributed by atoms with van der Waals surface area (Å²) in [6, 6.07) is 25.0. The third-order valence-corrected chi connectivity index (χ3v) is 13.7. The van der Waals surface area contributed by atoms with Crippen molar-refractivity contribution in [3.8, 4) is 0 Å². The molecule has 3 aliphatic heterocycles. The fraction of sp³-hybridized carbons (Fsp3) is 0.578. The van der Waals surface area contributed by atoms with Gasteiger partial charge in [-0.1, -0.05) is 73.2 Å². The smallest absolute Gasteiger partial charge is 0.288 e. The minimum Gasteiger partial charge on any atom is -0.455 e. The summed E-state index contributed by atoms with van der Waals surface area (Å²) in [7, 11) is 6.40. The number of hydrogen-bond donors (Lipinski definition) is 1. The van der Waals surface area contributed by atoms with Crippen LogP contribution in [0.1, 0.15) is 80.4 Å². The molecule has 11 heteroatoms. The van der Waals surface area contributed by atoms with Crippen LogP contribution in [0.25, 0.3) is 0 Å². The molecule has 2 saturated heterocycles. The highest BCUT2D eigenvalue weighted by Gasteiger charge is 2.45. The van der Waals surface area contributed by atoms with E-state index in [1.54, 1.807) is 11.3 Å². The maximum absolute atomic E-state index is 15.1. The van der Waals surface area contributed by atoms with Crippen molar-refractivity contribution < 1.29 is 14.3 Å². The van der Waals surface area contributed by atoms with Gasteiger partial charge in [0.2, 0.25) is 11.8 Å². The van der Waals surface area contributed by atoms with Crippen molar-refractivity contribution in [1.82, 2.24) is 29.8 Å². The monoisotopic (exact) mass is 781 g/mol. The normalized spacial score (nSPS) is 26.1. The van der Waals surface area contributed by atoms with Crippen molar-refractivity contribution in [2.75, 3.05) is 60.4 Å². The second-order valence-corrected chi connectivity index (χ2v) is 18.1. The van der Waals surface area contributed by atoms with Gasteiger partial charge < -0.3 is 24.8 Å². The van der Waals surface area contributed by atoms with Gasteiger partial charge in [-0.3, -0.25) is 19.4 Å². The summed E-state index contributed by atoms with van der Waals surface area (Å²) in [6.45, 7) is 8.21. The van der Waals surface area contributed by atoms with E-state index < -0.39 is 6.04 Å². The summed E-state index contributed by atoms with van der Waals surface area (Å²) in [4.78, 5) is 46.5. The average Bonchev–Trinajstić information content (AvgIpc) is 3.98. The van der Waals surface area contributed by atoms with Gasteiger partial charge in [-0.25, -0.2) is 4.99 Å². The number of benzene rings is 2. The molecule has 10 nitrogen and oxygen atoms in total. The molecule has 1 N–H and O–H groups in total. The molecule has 2 amide bonds. The number of aliphatic imine (C=N–C) groups is 1. The fourth-order valence-corrected chi connectivity index (χ4v) is 10.2. The molecule has 1 saturated carbocycles. The van der Waals surface area contributed by atoms with Gasteiger partial charge in [0, 0.05) is 37.1 Å². The van der Waals surface area contributed by atoms with Crippen LogP contribution >= 0.6 is 11.3 Å². The van der Waals surface area contributed by atoms with Crippen LogP contribution in [-0.4, -0.2) is 127 Å². The maximum Gasteiger partial charge on any atom is 0.288 e. The van der Waals surface area contributed by atoms with Gasteiger partial charge in [0.25, 0.3) is 6.02 Å². The van der Waals surface area contributed by atoms with Crippen molar-refractivity contribution in [1.29, 1.82) is 0 Å². The summed E-state index contributed by atoms with van der Waals surface area (Å²) in [5.74, 6) is -0.0501.